The Morgan fingerprint density at radius 1 is 1.12 bits per heavy atom. The largest absolute Gasteiger partial charge is 0.479 e. The standard InChI is InChI=1S/C19H25NO4/c21-17(20-12-14-6-8-16(20)9-7-14)11-15(18(22)19(23)24)10-13-4-2-1-3-5-13/h1-5,14-16,18,22H,6-12H2,(H,23,24)/t14?,15-,16?,18?/m0/s1. The van der Waals surface area contributed by atoms with E-state index in [1.807, 2.05) is 35.2 Å². The van der Waals surface area contributed by atoms with Gasteiger partial charge in [-0.25, -0.2) is 4.79 Å². The molecule has 0 aromatic heterocycles. The Bertz CT molecular complexity index is 580. The van der Waals surface area contributed by atoms with Crippen molar-refractivity contribution in [2.75, 3.05) is 6.54 Å². The highest BCUT2D eigenvalue weighted by Gasteiger charge is 2.38. The van der Waals surface area contributed by atoms with Crippen molar-refractivity contribution in [2.45, 2.75) is 50.7 Å². The zero-order chi connectivity index (χ0) is 17.1. The van der Waals surface area contributed by atoms with Crippen molar-refractivity contribution in [2.24, 2.45) is 11.8 Å². The third-order valence-electron chi connectivity index (χ3n) is 5.51. The second-order valence-corrected chi connectivity index (χ2v) is 7.16. The molecule has 5 nitrogen and oxygen atoms in total. The molecule has 1 amide bonds. The number of carboxylic acid groups (broad SMARTS) is 1. The average Bonchev–Trinajstić information content (AvgIpc) is 2.62. The maximum Gasteiger partial charge on any atom is 0.332 e. The number of hydrogen-bond acceptors (Lipinski definition) is 3. The lowest BCUT2D eigenvalue weighted by Gasteiger charge is -2.45. The molecule has 1 aromatic carbocycles. The van der Waals surface area contributed by atoms with Gasteiger partial charge >= 0.3 is 5.97 Å². The molecule has 3 fully saturated rings. The summed E-state index contributed by atoms with van der Waals surface area (Å²) < 4.78 is 0. The Morgan fingerprint density at radius 2 is 1.79 bits per heavy atom. The molecule has 0 spiro atoms. The number of amides is 1. The third-order valence-corrected chi connectivity index (χ3v) is 5.51. The van der Waals surface area contributed by atoms with Gasteiger partial charge in [0.05, 0.1) is 0 Å². The highest BCUT2D eigenvalue weighted by molar-refractivity contribution is 5.79. The second kappa shape index (κ2) is 7.34. The van der Waals surface area contributed by atoms with E-state index < -0.39 is 18.0 Å². The van der Waals surface area contributed by atoms with Crippen LogP contribution in [0.1, 0.15) is 37.7 Å². The number of benzene rings is 1. The number of piperidine rings is 2. The predicted molar refractivity (Wildman–Crippen MR) is 89.4 cm³/mol. The quantitative estimate of drug-likeness (QED) is 0.837. The van der Waals surface area contributed by atoms with Gasteiger partial charge < -0.3 is 15.1 Å². The molecule has 24 heavy (non-hydrogen) atoms. The Balaban J connectivity index is 1.69. The van der Waals surface area contributed by atoms with Gasteiger partial charge in [-0.3, -0.25) is 4.79 Å². The SMILES string of the molecule is O=C(O)C(O)[C@H](CC(=O)N1CC2CCC1CC2)Cc1ccccc1. The first-order valence-corrected chi connectivity index (χ1v) is 8.79. The van der Waals surface area contributed by atoms with Crippen LogP contribution < -0.4 is 0 Å². The van der Waals surface area contributed by atoms with E-state index in [1.54, 1.807) is 0 Å². The number of aliphatic carboxylic acids is 1. The van der Waals surface area contributed by atoms with Crippen LogP contribution >= 0.6 is 0 Å². The van der Waals surface area contributed by atoms with Crippen LogP contribution in [-0.2, 0) is 16.0 Å². The minimum atomic E-state index is -1.52. The number of hydrogen-bond donors (Lipinski definition) is 2. The van der Waals surface area contributed by atoms with Crippen LogP contribution in [0, 0.1) is 11.8 Å². The average molecular weight is 331 g/mol. The van der Waals surface area contributed by atoms with Crippen LogP contribution in [-0.4, -0.2) is 45.7 Å². The van der Waals surface area contributed by atoms with Gasteiger partial charge in [-0.05, 0) is 43.6 Å². The molecule has 2 bridgehead atoms. The third kappa shape index (κ3) is 3.78. The molecule has 0 radical (unpaired) electrons. The van der Waals surface area contributed by atoms with Crippen molar-refractivity contribution in [3.8, 4) is 0 Å². The van der Waals surface area contributed by atoms with Crippen LogP contribution in [0.25, 0.3) is 0 Å². The summed E-state index contributed by atoms with van der Waals surface area (Å²) in [6.07, 6.45) is 3.46. The molecule has 5 heteroatoms. The van der Waals surface area contributed by atoms with E-state index in [4.69, 9.17) is 0 Å². The normalized spacial score (nSPS) is 25.3. The number of nitrogens with zero attached hydrogens (tertiary/aromatic N) is 1. The van der Waals surface area contributed by atoms with Gasteiger partial charge in [0.15, 0.2) is 6.10 Å². The molecule has 130 valence electrons. The lowest BCUT2D eigenvalue weighted by atomic mass is 9.79. The number of aliphatic hydroxyl groups excluding tert-OH is 1. The molecule has 2 atom stereocenters. The van der Waals surface area contributed by atoms with Crippen LogP contribution in [0.2, 0.25) is 0 Å². The van der Waals surface area contributed by atoms with E-state index in [9.17, 15) is 19.8 Å². The molecular formula is C19H25NO4. The predicted octanol–water partition coefficient (Wildman–Crippen LogP) is 2.08. The van der Waals surface area contributed by atoms with Crippen molar-refractivity contribution in [1.29, 1.82) is 0 Å². The molecule has 1 saturated carbocycles. The molecule has 3 aliphatic rings. The smallest absolute Gasteiger partial charge is 0.332 e. The van der Waals surface area contributed by atoms with Gasteiger partial charge in [0.1, 0.15) is 0 Å². The molecule has 1 unspecified atom stereocenters. The van der Waals surface area contributed by atoms with Crippen molar-refractivity contribution < 1.29 is 19.8 Å². The molecule has 2 heterocycles. The summed E-state index contributed by atoms with van der Waals surface area (Å²) in [4.78, 5) is 25.9. The summed E-state index contributed by atoms with van der Waals surface area (Å²) in [5.41, 5.74) is 0.941. The summed E-state index contributed by atoms with van der Waals surface area (Å²) in [7, 11) is 0. The topological polar surface area (TPSA) is 77.8 Å². The van der Waals surface area contributed by atoms with E-state index >= 15 is 0 Å². The number of carboxylic acids is 1. The Hall–Kier alpha value is -1.88. The fourth-order valence-electron chi connectivity index (χ4n) is 4.13. The molecule has 2 N–H and O–H groups in total. The van der Waals surface area contributed by atoms with Crippen molar-refractivity contribution >= 4 is 11.9 Å². The Kier molecular flexibility index (Phi) is 5.19. The summed E-state index contributed by atoms with van der Waals surface area (Å²) >= 11 is 0. The molecule has 2 saturated heterocycles. The fraction of sp³-hybridized carbons (Fsp3) is 0.579. The molecular weight excluding hydrogens is 306 g/mol. The molecule has 2 aliphatic heterocycles. The zero-order valence-corrected chi connectivity index (χ0v) is 13.8. The number of carbonyl (C=O) groups excluding carboxylic acids is 1. The highest BCUT2D eigenvalue weighted by atomic mass is 16.4. The molecule has 1 aromatic rings. The minimum absolute atomic E-state index is 0.00867. The minimum Gasteiger partial charge on any atom is -0.479 e. The van der Waals surface area contributed by atoms with Crippen LogP contribution in [0.3, 0.4) is 0 Å². The van der Waals surface area contributed by atoms with Gasteiger partial charge in [-0.1, -0.05) is 30.3 Å². The first-order chi connectivity index (χ1) is 11.5. The van der Waals surface area contributed by atoms with E-state index in [0.29, 0.717) is 18.4 Å². The van der Waals surface area contributed by atoms with E-state index in [1.165, 1.54) is 12.8 Å². The van der Waals surface area contributed by atoms with E-state index in [0.717, 1.165) is 24.9 Å². The van der Waals surface area contributed by atoms with Crippen LogP contribution in [0.5, 0.6) is 0 Å². The number of rotatable bonds is 6. The maximum absolute atomic E-state index is 12.7. The number of carbonyl (C=O) groups is 2. The second-order valence-electron chi connectivity index (χ2n) is 7.16. The summed E-state index contributed by atoms with van der Waals surface area (Å²) in [5.74, 6) is -1.27. The van der Waals surface area contributed by atoms with Crippen LogP contribution in [0.4, 0.5) is 0 Å². The van der Waals surface area contributed by atoms with Crippen molar-refractivity contribution in [3.63, 3.8) is 0 Å². The first kappa shape index (κ1) is 17.0. The zero-order valence-electron chi connectivity index (χ0n) is 13.8. The molecule has 1 aliphatic carbocycles. The monoisotopic (exact) mass is 331 g/mol. The fourth-order valence-corrected chi connectivity index (χ4v) is 4.13. The first-order valence-electron chi connectivity index (χ1n) is 8.79. The Labute approximate surface area is 142 Å². The summed E-state index contributed by atoms with van der Waals surface area (Å²) in [6.45, 7) is 0.796. The van der Waals surface area contributed by atoms with Gasteiger partial charge in [0.25, 0.3) is 0 Å². The van der Waals surface area contributed by atoms with Gasteiger partial charge in [0, 0.05) is 24.9 Å². The van der Waals surface area contributed by atoms with E-state index in [2.05, 4.69) is 0 Å². The summed E-state index contributed by atoms with van der Waals surface area (Å²) in [5, 5.41) is 19.2. The van der Waals surface area contributed by atoms with Gasteiger partial charge in [0.2, 0.25) is 5.91 Å². The highest BCUT2D eigenvalue weighted by Crippen LogP contribution is 2.35. The van der Waals surface area contributed by atoms with Crippen molar-refractivity contribution in [1.82, 2.24) is 4.90 Å². The van der Waals surface area contributed by atoms with E-state index in [-0.39, 0.29) is 12.3 Å². The van der Waals surface area contributed by atoms with Crippen molar-refractivity contribution in [3.05, 3.63) is 35.9 Å². The summed E-state index contributed by atoms with van der Waals surface area (Å²) in [6, 6.07) is 9.75. The number of fused-ring (bicyclic) bond motifs is 3. The molecule has 4 rings (SSSR count). The van der Waals surface area contributed by atoms with Crippen LogP contribution in [0.15, 0.2) is 30.3 Å². The van der Waals surface area contributed by atoms with Gasteiger partial charge in [-0.15, -0.1) is 0 Å². The lowest BCUT2D eigenvalue weighted by Crippen LogP contribution is -2.51. The lowest BCUT2D eigenvalue weighted by molar-refractivity contribution is -0.151. The number of aliphatic hydroxyl groups is 1. The maximum atomic E-state index is 12.7. The van der Waals surface area contributed by atoms with Gasteiger partial charge in [-0.2, -0.15) is 0 Å². The Morgan fingerprint density at radius 3 is 2.33 bits per heavy atom.